The molecular weight excluding hydrogens is 560 g/mol. The third-order valence-corrected chi connectivity index (χ3v) is 14.3. The molecule has 8 heteroatoms. The Hall–Kier alpha value is -0.840. The molecule has 2 saturated heterocycles. The zero-order valence-corrected chi connectivity index (χ0v) is 27.9. The fraction of sp³-hybridized carbons (Fsp3) is 0.889. The lowest BCUT2D eigenvalue weighted by Gasteiger charge is -2.65. The van der Waals surface area contributed by atoms with Crippen LogP contribution in [0.4, 0.5) is 0 Å². The van der Waals surface area contributed by atoms with E-state index in [1.165, 1.54) is 24.8 Å². The van der Waals surface area contributed by atoms with E-state index >= 15 is 0 Å². The molecule has 5 fully saturated rings. The molecule has 2 bridgehead atoms. The first kappa shape index (κ1) is 33.1. The number of hydrogen-bond donors (Lipinski definition) is 5. The monoisotopic (exact) mass is 618 g/mol. The highest BCUT2D eigenvalue weighted by Crippen LogP contribution is 2.77. The van der Waals surface area contributed by atoms with Crippen molar-refractivity contribution in [2.75, 3.05) is 13.2 Å². The molecule has 5 N–H and O–H groups in total. The van der Waals surface area contributed by atoms with Crippen molar-refractivity contribution in [2.45, 2.75) is 142 Å². The molecular formula is C36H58O8. The number of rotatable bonds is 7. The second kappa shape index (κ2) is 11.1. The first-order valence-electron chi connectivity index (χ1n) is 17.2. The van der Waals surface area contributed by atoms with Crippen LogP contribution in [-0.2, 0) is 14.2 Å². The number of aliphatic hydroxyl groups is 5. The Labute approximate surface area is 263 Å². The van der Waals surface area contributed by atoms with Gasteiger partial charge in [0.15, 0.2) is 6.29 Å². The summed E-state index contributed by atoms with van der Waals surface area (Å²) in [4.78, 5) is 0. The second-order valence-corrected chi connectivity index (χ2v) is 16.8. The molecule has 6 rings (SSSR count). The highest BCUT2D eigenvalue weighted by Gasteiger charge is 2.75. The van der Waals surface area contributed by atoms with Crippen molar-refractivity contribution >= 4 is 0 Å². The Morgan fingerprint density at radius 2 is 1.70 bits per heavy atom. The number of aliphatic hydroxyl groups excluding tert-OH is 5. The topological polar surface area (TPSA) is 129 Å². The van der Waals surface area contributed by atoms with Gasteiger partial charge >= 0.3 is 0 Å². The van der Waals surface area contributed by atoms with Gasteiger partial charge < -0.3 is 39.7 Å². The zero-order chi connectivity index (χ0) is 32.0. The molecule has 0 amide bonds. The van der Waals surface area contributed by atoms with E-state index in [-0.39, 0.29) is 28.5 Å². The summed E-state index contributed by atoms with van der Waals surface area (Å²) in [6, 6.07) is 0. The first-order chi connectivity index (χ1) is 20.6. The lowest BCUT2D eigenvalue weighted by atomic mass is 9.38. The van der Waals surface area contributed by atoms with Gasteiger partial charge in [-0.3, -0.25) is 0 Å². The molecule has 15 atom stereocenters. The Morgan fingerprint density at radius 3 is 2.39 bits per heavy atom. The Bertz CT molecular complexity index is 1150. The van der Waals surface area contributed by atoms with Crippen LogP contribution in [0, 0.1) is 45.3 Å². The maximum absolute atomic E-state index is 10.8. The molecule has 0 aromatic heterocycles. The molecule has 8 nitrogen and oxygen atoms in total. The predicted octanol–water partition coefficient (Wildman–Crippen LogP) is 4.12. The van der Waals surface area contributed by atoms with Gasteiger partial charge in [-0.2, -0.15) is 0 Å². The van der Waals surface area contributed by atoms with Crippen LogP contribution in [-0.4, -0.2) is 87.3 Å². The highest BCUT2D eigenvalue weighted by molar-refractivity contribution is 5.33. The van der Waals surface area contributed by atoms with Crippen LogP contribution in [0.2, 0.25) is 0 Å². The van der Waals surface area contributed by atoms with E-state index in [4.69, 9.17) is 14.2 Å². The SMILES string of the molecule is CC(C)=CC(O)CC(C)C1CCC2(C)C3C=CC45OCC3(CCC12C)C4CCC(OC1OC(CO)C(O)C(O)C1O)C5(C)C. The summed E-state index contributed by atoms with van der Waals surface area (Å²) >= 11 is 0. The zero-order valence-electron chi connectivity index (χ0n) is 27.9. The maximum atomic E-state index is 10.8. The van der Waals surface area contributed by atoms with Crippen molar-refractivity contribution in [1.82, 2.24) is 0 Å². The molecule has 250 valence electrons. The molecule has 0 aromatic carbocycles. The molecule has 1 spiro atoms. The Balaban J connectivity index is 1.26. The van der Waals surface area contributed by atoms with Crippen molar-refractivity contribution in [2.24, 2.45) is 45.3 Å². The van der Waals surface area contributed by atoms with Crippen LogP contribution in [0.25, 0.3) is 0 Å². The molecule has 2 heterocycles. The van der Waals surface area contributed by atoms with Crippen molar-refractivity contribution in [1.29, 1.82) is 0 Å². The third kappa shape index (κ3) is 4.45. The van der Waals surface area contributed by atoms with E-state index in [0.717, 1.165) is 32.3 Å². The minimum atomic E-state index is -1.46. The molecule has 15 unspecified atom stereocenters. The number of fused-ring (bicyclic) bond motifs is 2. The molecule has 0 aromatic rings. The maximum Gasteiger partial charge on any atom is 0.186 e. The Morgan fingerprint density at radius 1 is 0.977 bits per heavy atom. The van der Waals surface area contributed by atoms with Gasteiger partial charge in [-0.15, -0.1) is 0 Å². The minimum absolute atomic E-state index is 0.0636. The van der Waals surface area contributed by atoms with Gasteiger partial charge in [0.1, 0.15) is 24.4 Å². The van der Waals surface area contributed by atoms with Gasteiger partial charge in [0.05, 0.1) is 31.0 Å². The van der Waals surface area contributed by atoms with E-state index in [2.05, 4.69) is 60.6 Å². The van der Waals surface area contributed by atoms with Gasteiger partial charge in [-0.05, 0) is 87.4 Å². The predicted molar refractivity (Wildman–Crippen MR) is 166 cm³/mol. The summed E-state index contributed by atoms with van der Waals surface area (Å²) in [7, 11) is 0. The molecule has 0 radical (unpaired) electrons. The van der Waals surface area contributed by atoms with Crippen molar-refractivity contribution < 1.29 is 39.7 Å². The quantitative estimate of drug-likeness (QED) is 0.270. The van der Waals surface area contributed by atoms with Gasteiger partial charge in [0.2, 0.25) is 0 Å². The largest absolute Gasteiger partial charge is 0.394 e. The average molecular weight is 619 g/mol. The number of allylic oxidation sites excluding steroid dienone is 2. The molecule has 3 saturated carbocycles. The molecule has 6 aliphatic rings. The number of ether oxygens (including phenoxy) is 3. The molecule has 44 heavy (non-hydrogen) atoms. The van der Waals surface area contributed by atoms with Crippen LogP contribution in [0.1, 0.15) is 93.4 Å². The van der Waals surface area contributed by atoms with Gasteiger partial charge in [0.25, 0.3) is 0 Å². The summed E-state index contributed by atoms with van der Waals surface area (Å²) < 4.78 is 19.2. The summed E-state index contributed by atoms with van der Waals surface area (Å²) in [5.41, 5.74) is 0.614. The van der Waals surface area contributed by atoms with Crippen LogP contribution in [0.15, 0.2) is 23.8 Å². The van der Waals surface area contributed by atoms with Crippen molar-refractivity contribution in [3.05, 3.63) is 23.8 Å². The summed E-state index contributed by atoms with van der Waals surface area (Å²) in [5.74, 6) is 1.80. The summed E-state index contributed by atoms with van der Waals surface area (Å²) in [6.45, 7) is 16.2. The highest BCUT2D eigenvalue weighted by atomic mass is 16.7. The van der Waals surface area contributed by atoms with Gasteiger partial charge in [-0.1, -0.05) is 58.4 Å². The standard InChI is InChI=1S/C36H58O8/c1-20(2)16-22(38)17-21(3)23-10-12-34(7)25-11-13-36-26(35(25,19-42-36)15-14-33(23,34)6)8-9-27(32(36,4)5)44-31-30(41)29(40)28(39)24(18-37)43-31/h11,13,16,21-31,37-41H,8-10,12,14-15,17-19H2,1-7H3. The van der Waals surface area contributed by atoms with E-state index in [1.54, 1.807) is 0 Å². The Kier molecular flexibility index (Phi) is 8.36. The van der Waals surface area contributed by atoms with Gasteiger partial charge in [0, 0.05) is 16.7 Å². The van der Waals surface area contributed by atoms with Crippen LogP contribution in [0.3, 0.4) is 0 Å². The van der Waals surface area contributed by atoms with E-state index < -0.39 is 48.3 Å². The van der Waals surface area contributed by atoms with E-state index in [1.807, 2.05) is 6.08 Å². The number of hydrogen-bond acceptors (Lipinski definition) is 8. The summed E-state index contributed by atoms with van der Waals surface area (Å²) in [5, 5.41) is 51.8. The lowest BCUT2D eigenvalue weighted by Crippen LogP contribution is -2.66. The third-order valence-electron chi connectivity index (χ3n) is 14.3. The lowest BCUT2D eigenvalue weighted by molar-refractivity contribution is -0.329. The second-order valence-electron chi connectivity index (χ2n) is 16.8. The van der Waals surface area contributed by atoms with Crippen molar-refractivity contribution in [3.63, 3.8) is 0 Å². The average Bonchev–Trinajstić information content (AvgIpc) is 3.35. The normalized spacial score (nSPS) is 52.0. The van der Waals surface area contributed by atoms with E-state index in [0.29, 0.717) is 23.7 Å². The molecule has 2 aliphatic heterocycles. The van der Waals surface area contributed by atoms with E-state index in [9.17, 15) is 25.5 Å². The first-order valence-corrected chi connectivity index (χ1v) is 17.2. The van der Waals surface area contributed by atoms with Gasteiger partial charge in [-0.25, -0.2) is 0 Å². The fourth-order valence-corrected chi connectivity index (χ4v) is 11.8. The van der Waals surface area contributed by atoms with Crippen molar-refractivity contribution in [3.8, 4) is 0 Å². The molecule has 4 aliphatic carbocycles. The smallest absolute Gasteiger partial charge is 0.186 e. The van der Waals surface area contributed by atoms with Crippen LogP contribution < -0.4 is 0 Å². The van der Waals surface area contributed by atoms with Crippen LogP contribution in [0.5, 0.6) is 0 Å². The fourth-order valence-electron chi connectivity index (χ4n) is 11.8. The van der Waals surface area contributed by atoms with Crippen LogP contribution >= 0.6 is 0 Å². The summed E-state index contributed by atoms with van der Waals surface area (Å²) in [6.07, 6.45) is 6.95. The minimum Gasteiger partial charge on any atom is -0.394 e.